The van der Waals surface area contributed by atoms with Gasteiger partial charge in [-0.25, -0.2) is 0 Å². The fourth-order valence-corrected chi connectivity index (χ4v) is 4.63. The minimum Gasteiger partial charge on any atom is -0.508 e. The molecule has 0 heterocycles. The zero-order valence-electron chi connectivity index (χ0n) is 29.6. The number of phenols is 1. The van der Waals surface area contributed by atoms with Gasteiger partial charge in [-0.2, -0.15) is 0 Å². The zero-order valence-corrected chi connectivity index (χ0v) is 29.6. The monoisotopic (exact) mass is 608 g/mol. The van der Waals surface area contributed by atoms with Gasteiger partial charge in [0.25, 0.3) is 0 Å². The number of aryl methyl sites for hydroxylation is 3. The molecule has 0 amide bonds. The predicted octanol–water partition coefficient (Wildman–Crippen LogP) is 11.0. The second-order valence-corrected chi connectivity index (χ2v) is 10.7. The van der Waals surface area contributed by atoms with Crippen LogP contribution in [0.25, 0.3) is 0 Å². The van der Waals surface area contributed by atoms with E-state index in [0.717, 1.165) is 69.6 Å². The molecule has 44 heavy (non-hydrogen) atoms. The number of hydrogen-bond acceptors (Lipinski definition) is 4. The molecule has 0 aliphatic heterocycles. The van der Waals surface area contributed by atoms with Crippen molar-refractivity contribution in [2.45, 2.75) is 127 Å². The van der Waals surface area contributed by atoms with E-state index in [1.165, 1.54) is 24.5 Å². The molecule has 4 nitrogen and oxygen atoms in total. The Morgan fingerprint density at radius 2 is 1.48 bits per heavy atom. The molecule has 1 saturated carbocycles. The molecule has 2 aromatic carbocycles. The third-order valence-electron chi connectivity index (χ3n) is 7.43. The third kappa shape index (κ3) is 21.4. The fourth-order valence-electron chi connectivity index (χ4n) is 4.63. The number of para-hydroxylation sites is 1. The first-order valence-electron chi connectivity index (χ1n) is 16.5. The Labute approximate surface area is 271 Å². The third-order valence-corrected chi connectivity index (χ3v) is 7.43. The molecule has 0 saturated heterocycles. The van der Waals surface area contributed by atoms with Gasteiger partial charge in [0.1, 0.15) is 23.6 Å². The van der Waals surface area contributed by atoms with Gasteiger partial charge >= 0.3 is 0 Å². The van der Waals surface area contributed by atoms with Crippen LogP contribution in [-0.4, -0.2) is 23.0 Å². The van der Waals surface area contributed by atoms with E-state index in [1.807, 2.05) is 51.1 Å². The molecule has 2 unspecified atom stereocenters. The number of benzene rings is 2. The van der Waals surface area contributed by atoms with Crippen LogP contribution >= 0.6 is 0 Å². The predicted molar refractivity (Wildman–Crippen MR) is 191 cm³/mol. The average molecular weight is 609 g/mol. The van der Waals surface area contributed by atoms with Gasteiger partial charge in [0.05, 0.1) is 0 Å². The van der Waals surface area contributed by atoms with Gasteiger partial charge in [0.15, 0.2) is 0 Å². The van der Waals surface area contributed by atoms with E-state index in [2.05, 4.69) is 58.2 Å². The second-order valence-electron chi connectivity index (χ2n) is 10.7. The van der Waals surface area contributed by atoms with Crippen molar-refractivity contribution in [3.63, 3.8) is 0 Å². The molecule has 0 aromatic heterocycles. The first kappa shape index (κ1) is 45.2. The quantitative estimate of drug-likeness (QED) is 0.184. The highest BCUT2D eigenvalue weighted by molar-refractivity contribution is 5.83. The van der Waals surface area contributed by atoms with E-state index >= 15 is 0 Å². The first-order chi connectivity index (χ1) is 21.0. The van der Waals surface area contributed by atoms with E-state index in [0.29, 0.717) is 5.75 Å². The van der Waals surface area contributed by atoms with E-state index in [4.69, 9.17) is 9.90 Å². The molecule has 1 N–H and O–H groups in total. The van der Waals surface area contributed by atoms with Crippen molar-refractivity contribution in [1.29, 1.82) is 0 Å². The van der Waals surface area contributed by atoms with Crippen molar-refractivity contribution in [1.82, 2.24) is 0 Å². The van der Waals surface area contributed by atoms with Gasteiger partial charge in [-0.15, -0.1) is 13.2 Å². The molecule has 0 radical (unpaired) electrons. The van der Waals surface area contributed by atoms with Gasteiger partial charge < -0.3 is 9.90 Å². The Hall–Kier alpha value is -3.27. The Morgan fingerprint density at radius 1 is 0.909 bits per heavy atom. The summed E-state index contributed by atoms with van der Waals surface area (Å²) in [5.74, 6) is 1.11. The number of phenolic OH excluding ortho intramolecular Hbond substituents is 1. The summed E-state index contributed by atoms with van der Waals surface area (Å²) in [6.07, 6.45) is 14.2. The molecule has 248 valence electrons. The van der Waals surface area contributed by atoms with Crippen molar-refractivity contribution in [2.24, 2.45) is 11.3 Å². The highest BCUT2D eigenvalue weighted by atomic mass is 16.3. The van der Waals surface area contributed by atoms with E-state index in [-0.39, 0.29) is 22.9 Å². The summed E-state index contributed by atoms with van der Waals surface area (Å²) in [5.41, 5.74) is 3.54. The van der Waals surface area contributed by atoms with Crippen molar-refractivity contribution < 1.29 is 19.5 Å². The molecule has 1 aliphatic rings. The Kier molecular flexibility index (Phi) is 30.6. The van der Waals surface area contributed by atoms with E-state index in [1.54, 1.807) is 19.9 Å². The van der Waals surface area contributed by atoms with Crippen LogP contribution in [0, 0.1) is 18.3 Å². The summed E-state index contributed by atoms with van der Waals surface area (Å²) in [6, 6.07) is 16.0. The van der Waals surface area contributed by atoms with Crippen LogP contribution in [0.5, 0.6) is 5.75 Å². The molecule has 1 fully saturated rings. The van der Waals surface area contributed by atoms with Gasteiger partial charge in [0.2, 0.25) is 0 Å². The molecule has 0 spiro atoms. The minimum absolute atomic E-state index is 0.172. The molecule has 4 heteroatoms. The standard InChI is InChI=1S/C14H22O2.C9H12.C8H10O.C5H10.C2H4O.C2H6/c1-4-8-14(12(3)16)9-5-6-13(7-10-14)11(2)15;1-3-9-6-4-8(2)5-7-9;1-2-7-5-3-4-6-8(7)9;1-3-5-4-2;1-2-3;1-2/h4,13H,1,5-10H2,2-3H3;4-7H,3H2,1-2H3;3-6,9H,2H2,1H3;3H,1,4-5H2,2H3;2H,1H3;1-2H3. The van der Waals surface area contributed by atoms with Gasteiger partial charge in [-0.05, 0) is 96.3 Å². The van der Waals surface area contributed by atoms with Gasteiger partial charge in [-0.3, -0.25) is 9.59 Å². The maximum atomic E-state index is 11.8. The lowest BCUT2D eigenvalue weighted by atomic mass is 9.74. The number of Topliss-reactive ketones (excluding diaryl/α,β-unsaturated/α-hetero) is 2. The molecule has 2 aromatic rings. The number of rotatable bonds is 8. The molecule has 0 bridgehead atoms. The number of carbonyl (C=O) groups excluding carboxylic acids is 3. The topological polar surface area (TPSA) is 71.4 Å². The van der Waals surface area contributed by atoms with Crippen molar-refractivity contribution in [3.05, 3.63) is 90.5 Å². The Bertz CT molecular complexity index is 1020. The lowest BCUT2D eigenvalue weighted by molar-refractivity contribution is -0.127. The number of aromatic hydroxyl groups is 1. The Morgan fingerprint density at radius 3 is 1.84 bits per heavy atom. The van der Waals surface area contributed by atoms with Gasteiger partial charge in [0, 0.05) is 11.3 Å². The van der Waals surface area contributed by atoms with Crippen LogP contribution < -0.4 is 0 Å². The highest BCUT2D eigenvalue weighted by Gasteiger charge is 2.36. The molecule has 3 rings (SSSR count). The summed E-state index contributed by atoms with van der Waals surface area (Å²) >= 11 is 0. The SMILES string of the molecule is C=CCC1(C(C)=O)CCCC(C(C)=O)CC1.C=CCCC.CC.CC=O.CCc1ccc(C)cc1.CCc1ccccc1O. The smallest absolute Gasteiger partial charge is 0.136 e. The lowest BCUT2D eigenvalue weighted by Gasteiger charge is -2.28. The fraction of sp³-hybridized carbons (Fsp3) is 0.525. The van der Waals surface area contributed by atoms with Crippen LogP contribution in [0.3, 0.4) is 0 Å². The number of aldehydes is 1. The summed E-state index contributed by atoms with van der Waals surface area (Å²) in [6.45, 7) is 24.5. The summed E-state index contributed by atoms with van der Waals surface area (Å²) < 4.78 is 0. The maximum Gasteiger partial charge on any atom is 0.136 e. The van der Waals surface area contributed by atoms with Crippen LogP contribution in [0.1, 0.15) is 123 Å². The summed E-state index contributed by atoms with van der Waals surface area (Å²) in [7, 11) is 0. The normalized spacial score (nSPS) is 16.2. The highest BCUT2D eigenvalue weighted by Crippen LogP contribution is 2.41. The number of hydrogen-bond donors (Lipinski definition) is 1. The van der Waals surface area contributed by atoms with E-state index < -0.39 is 0 Å². The zero-order chi connectivity index (χ0) is 34.4. The van der Waals surface area contributed by atoms with Crippen molar-refractivity contribution in [2.75, 3.05) is 0 Å². The van der Waals surface area contributed by atoms with Crippen LogP contribution in [-0.2, 0) is 27.2 Å². The van der Waals surface area contributed by atoms with Crippen LogP contribution in [0.2, 0.25) is 0 Å². The summed E-state index contributed by atoms with van der Waals surface area (Å²) in [5, 5.41) is 9.11. The van der Waals surface area contributed by atoms with Crippen LogP contribution in [0.4, 0.5) is 0 Å². The lowest BCUT2D eigenvalue weighted by Crippen LogP contribution is -2.28. The average Bonchev–Trinajstić information content (AvgIpc) is 3.25. The number of carbonyl (C=O) groups is 3. The molecular formula is C40H64O4. The second kappa shape index (κ2) is 29.8. The van der Waals surface area contributed by atoms with Gasteiger partial charge in [-0.1, -0.05) is 108 Å². The molecular weight excluding hydrogens is 544 g/mol. The largest absolute Gasteiger partial charge is 0.508 e. The summed E-state index contributed by atoms with van der Waals surface area (Å²) in [4.78, 5) is 32.0. The maximum absolute atomic E-state index is 11.8. The first-order valence-corrected chi connectivity index (χ1v) is 16.5. The Balaban J connectivity index is -0.000000517. The molecule has 1 aliphatic carbocycles. The van der Waals surface area contributed by atoms with Crippen molar-refractivity contribution >= 4 is 17.9 Å². The van der Waals surface area contributed by atoms with E-state index in [9.17, 15) is 9.59 Å². The van der Waals surface area contributed by atoms with Crippen LogP contribution in [0.15, 0.2) is 73.8 Å². The minimum atomic E-state index is -0.230. The molecule has 2 atom stereocenters. The van der Waals surface area contributed by atoms with Crippen molar-refractivity contribution in [3.8, 4) is 5.75 Å². The number of unbranched alkanes of at least 4 members (excludes halogenated alkanes) is 1. The number of allylic oxidation sites excluding steroid dienone is 2. The number of ketones is 2.